The third-order valence-corrected chi connectivity index (χ3v) is 1.86. The molecule has 0 aromatic heterocycles. The Morgan fingerprint density at radius 2 is 1.50 bits per heavy atom. The molecule has 14 heavy (non-hydrogen) atoms. The molecule has 78 valence electrons. The van der Waals surface area contributed by atoms with E-state index in [1.165, 1.54) is 0 Å². The van der Waals surface area contributed by atoms with Gasteiger partial charge in [-0.3, -0.25) is 0 Å². The summed E-state index contributed by atoms with van der Waals surface area (Å²) in [5.41, 5.74) is -1.69. The fourth-order valence-electron chi connectivity index (χ4n) is 0.889. The molecule has 0 spiro atoms. The molecular weight excluding hydrogens is 191 g/mol. The first kappa shape index (κ1) is 10.9. The number of alkyl halides is 3. The van der Waals surface area contributed by atoms with Gasteiger partial charge in [-0.05, 0) is 5.54 Å². The van der Waals surface area contributed by atoms with E-state index < -0.39 is 11.7 Å². The summed E-state index contributed by atoms with van der Waals surface area (Å²) in [7, 11) is 0. The van der Waals surface area contributed by atoms with Gasteiger partial charge in [0.1, 0.15) is 0 Å². The monoisotopic (exact) mass is 202 g/mol. The van der Waals surface area contributed by atoms with E-state index in [1.54, 1.807) is 30.3 Å². The normalized spacial score (nSPS) is 12.6. The van der Waals surface area contributed by atoms with E-state index in [2.05, 4.69) is 5.32 Å². The van der Waals surface area contributed by atoms with Crippen molar-refractivity contribution in [2.75, 3.05) is 0 Å². The summed E-state index contributed by atoms with van der Waals surface area (Å²) in [6, 6.07) is 8.15. The molecule has 0 aliphatic carbocycles. The summed E-state index contributed by atoms with van der Waals surface area (Å²) in [6.07, 6.45) is -4.32. The highest BCUT2D eigenvalue weighted by molar-refractivity contribution is 5.51. The van der Waals surface area contributed by atoms with Gasteiger partial charge < -0.3 is 5.32 Å². The molecule has 0 saturated carbocycles. The topological polar surface area (TPSA) is 14.1 Å². The molecule has 0 bridgehead atoms. The first-order valence-electron chi connectivity index (χ1n) is 4.17. The minimum absolute atomic E-state index is 0.342. The molecule has 0 radical (unpaired) electrons. The van der Waals surface area contributed by atoms with Crippen molar-refractivity contribution in [3.05, 3.63) is 35.6 Å². The van der Waals surface area contributed by atoms with Gasteiger partial charge in [0.05, 0.1) is 0 Å². The van der Waals surface area contributed by atoms with Gasteiger partial charge in [-0.1, -0.05) is 44.2 Å². The molecule has 0 unspecified atom stereocenters. The van der Waals surface area contributed by atoms with Crippen LogP contribution in [0.4, 0.5) is 18.9 Å². The summed E-state index contributed by atoms with van der Waals surface area (Å²) in [6.45, 7) is 2.11. The lowest BCUT2D eigenvalue weighted by Gasteiger charge is -2.42. The van der Waals surface area contributed by atoms with Crippen LogP contribution in [0.15, 0.2) is 30.3 Å². The summed E-state index contributed by atoms with van der Waals surface area (Å²) >= 11 is 0. The quantitative estimate of drug-likeness (QED) is 0.687. The highest BCUT2D eigenvalue weighted by atomic mass is 19.4. The molecule has 0 aliphatic heterocycles. The molecule has 0 N–H and O–H groups in total. The molecule has 1 rings (SSSR count). The Labute approximate surface area is 80.9 Å². The van der Waals surface area contributed by atoms with Crippen LogP contribution in [0.25, 0.3) is 5.32 Å². The van der Waals surface area contributed by atoms with Gasteiger partial charge in [-0.2, -0.15) is 13.2 Å². The van der Waals surface area contributed by atoms with Crippen LogP contribution in [-0.2, 0) is 0 Å². The van der Waals surface area contributed by atoms with E-state index in [1.807, 2.05) is 0 Å². The lowest BCUT2D eigenvalue weighted by atomic mass is 10.0. The molecule has 1 aromatic carbocycles. The lowest BCUT2D eigenvalue weighted by Crippen LogP contribution is -2.37. The number of hydrogen-bond donors (Lipinski definition) is 0. The second kappa shape index (κ2) is 3.52. The van der Waals surface area contributed by atoms with Crippen LogP contribution in [-0.4, -0.2) is 11.7 Å². The summed E-state index contributed by atoms with van der Waals surface area (Å²) in [5.74, 6) is 0. The highest BCUT2D eigenvalue weighted by Gasteiger charge is 2.39. The molecular formula is C10H11F3N-. The lowest BCUT2D eigenvalue weighted by molar-refractivity contribution is -0.165. The highest BCUT2D eigenvalue weighted by Crippen LogP contribution is 2.40. The van der Waals surface area contributed by atoms with E-state index in [0.29, 0.717) is 5.69 Å². The first-order chi connectivity index (χ1) is 6.33. The number of benzene rings is 1. The fourth-order valence-corrected chi connectivity index (χ4v) is 0.889. The fraction of sp³-hybridized carbons (Fsp3) is 0.400. The average Bonchev–Trinajstić information content (AvgIpc) is 2.03. The molecule has 0 saturated heterocycles. The summed E-state index contributed by atoms with van der Waals surface area (Å²) in [4.78, 5) is 0. The third kappa shape index (κ3) is 2.40. The molecule has 1 nitrogen and oxygen atoms in total. The van der Waals surface area contributed by atoms with Crippen molar-refractivity contribution in [1.29, 1.82) is 0 Å². The maximum absolute atomic E-state index is 12.4. The van der Waals surface area contributed by atoms with Gasteiger partial charge in [0.2, 0.25) is 0 Å². The standard InChI is InChI=1S/C10H11F3N/c1-9(2,10(11,12)13)14-8-6-4-3-5-7-8/h3-7H,1-2H3/q-1. The molecule has 0 heterocycles. The zero-order chi connectivity index (χ0) is 10.8. The van der Waals surface area contributed by atoms with Gasteiger partial charge in [0, 0.05) is 0 Å². The number of hydrogen-bond acceptors (Lipinski definition) is 0. The Bertz CT molecular complexity index is 290. The smallest absolute Gasteiger partial charge is 0.378 e. The second-order valence-corrected chi connectivity index (χ2v) is 3.50. The van der Waals surface area contributed by atoms with Gasteiger partial charge in [0.15, 0.2) is 0 Å². The number of nitrogens with zero attached hydrogens (tertiary/aromatic N) is 1. The third-order valence-electron chi connectivity index (χ3n) is 1.86. The van der Waals surface area contributed by atoms with Crippen LogP contribution in [0.3, 0.4) is 0 Å². The molecule has 0 fully saturated rings. The summed E-state index contributed by atoms with van der Waals surface area (Å²) < 4.78 is 37.3. The van der Waals surface area contributed by atoms with E-state index in [9.17, 15) is 13.2 Å². The first-order valence-corrected chi connectivity index (χ1v) is 4.17. The minimum Gasteiger partial charge on any atom is -0.672 e. The van der Waals surface area contributed by atoms with Crippen LogP contribution in [0.5, 0.6) is 0 Å². The van der Waals surface area contributed by atoms with Crippen molar-refractivity contribution in [2.45, 2.75) is 25.6 Å². The zero-order valence-electron chi connectivity index (χ0n) is 7.97. The Hall–Kier alpha value is -1.19. The number of halogens is 3. The van der Waals surface area contributed by atoms with Gasteiger partial charge >= 0.3 is 6.18 Å². The van der Waals surface area contributed by atoms with Crippen molar-refractivity contribution in [1.82, 2.24) is 0 Å². The summed E-state index contributed by atoms with van der Waals surface area (Å²) in [5, 5.41) is 3.64. The van der Waals surface area contributed by atoms with E-state index in [0.717, 1.165) is 13.8 Å². The van der Waals surface area contributed by atoms with E-state index in [4.69, 9.17) is 0 Å². The van der Waals surface area contributed by atoms with E-state index >= 15 is 0 Å². The van der Waals surface area contributed by atoms with Crippen molar-refractivity contribution in [2.24, 2.45) is 0 Å². The van der Waals surface area contributed by atoms with Crippen molar-refractivity contribution < 1.29 is 13.2 Å². The molecule has 4 heteroatoms. The van der Waals surface area contributed by atoms with Crippen molar-refractivity contribution in [3.63, 3.8) is 0 Å². The second-order valence-electron chi connectivity index (χ2n) is 3.50. The predicted molar refractivity (Wildman–Crippen MR) is 49.6 cm³/mol. The minimum atomic E-state index is -4.32. The number of para-hydroxylation sites is 1. The Kier molecular flexibility index (Phi) is 2.73. The Morgan fingerprint density at radius 3 is 1.93 bits per heavy atom. The van der Waals surface area contributed by atoms with Crippen LogP contribution in [0, 0.1) is 0 Å². The van der Waals surface area contributed by atoms with Gasteiger partial charge in [0.25, 0.3) is 0 Å². The maximum atomic E-state index is 12.4. The molecule has 0 amide bonds. The Morgan fingerprint density at radius 1 is 1.00 bits per heavy atom. The van der Waals surface area contributed by atoms with Crippen molar-refractivity contribution in [3.8, 4) is 0 Å². The van der Waals surface area contributed by atoms with E-state index in [-0.39, 0.29) is 0 Å². The van der Waals surface area contributed by atoms with Crippen LogP contribution < -0.4 is 0 Å². The van der Waals surface area contributed by atoms with Crippen LogP contribution in [0.1, 0.15) is 13.8 Å². The molecule has 0 atom stereocenters. The number of rotatable bonds is 2. The SMILES string of the molecule is CC(C)([N-]c1ccccc1)C(F)(F)F. The van der Waals surface area contributed by atoms with Gasteiger partial charge in [-0.25, -0.2) is 0 Å². The molecule has 1 aromatic rings. The van der Waals surface area contributed by atoms with Crippen LogP contribution >= 0.6 is 0 Å². The zero-order valence-corrected chi connectivity index (χ0v) is 7.97. The Balaban J connectivity index is 2.79. The van der Waals surface area contributed by atoms with Crippen LogP contribution in [0.2, 0.25) is 0 Å². The molecule has 0 aliphatic rings. The predicted octanol–water partition coefficient (Wildman–Crippen LogP) is 4.03. The van der Waals surface area contributed by atoms with Crippen molar-refractivity contribution >= 4 is 5.69 Å². The maximum Gasteiger partial charge on any atom is 0.378 e. The van der Waals surface area contributed by atoms with Gasteiger partial charge in [-0.15, -0.1) is 5.69 Å². The average molecular weight is 202 g/mol. The largest absolute Gasteiger partial charge is 0.672 e.